The van der Waals surface area contributed by atoms with Crippen molar-refractivity contribution in [3.8, 4) is 11.3 Å². The van der Waals surface area contributed by atoms with Gasteiger partial charge >= 0.3 is 7.12 Å². The Labute approximate surface area is 167 Å². The summed E-state index contributed by atoms with van der Waals surface area (Å²) in [5.74, 6) is -0.560. The first-order valence-electron chi connectivity index (χ1n) is 9.28. The lowest BCUT2D eigenvalue weighted by atomic mass is 9.77. The van der Waals surface area contributed by atoms with E-state index in [4.69, 9.17) is 0 Å². The van der Waals surface area contributed by atoms with Gasteiger partial charge in [0.1, 0.15) is 0 Å². The Morgan fingerprint density at radius 3 is 2.41 bits per heavy atom. The number of nitrogens with zero attached hydrogens (tertiary/aromatic N) is 1. The van der Waals surface area contributed by atoms with Crippen molar-refractivity contribution in [3.63, 3.8) is 0 Å². The number of rotatable bonds is 6. The molecule has 29 heavy (non-hydrogen) atoms. The normalized spacial score (nSPS) is 12.1. The molecule has 0 aliphatic carbocycles. The third-order valence-electron chi connectivity index (χ3n) is 5.10. The maximum atomic E-state index is 11.6. The summed E-state index contributed by atoms with van der Waals surface area (Å²) in [7, 11) is -1.64. The van der Waals surface area contributed by atoms with Crippen molar-refractivity contribution < 1.29 is 15.0 Å². The summed E-state index contributed by atoms with van der Waals surface area (Å²) >= 11 is 0. The van der Waals surface area contributed by atoms with E-state index in [1.807, 2.05) is 54.6 Å². The fraction of sp³-hybridized carbons (Fsp3) is 0.0909. The van der Waals surface area contributed by atoms with Gasteiger partial charge in [-0.05, 0) is 28.2 Å². The van der Waals surface area contributed by atoms with Crippen LogP contribution in [0, 0.1) is 10.1 Å². The van der Waals surface area contributed by atoms with Crippen LogP contribution in [0.2, 0.25) is 0 Å². The number of aromatic nitrogens is 1. The summed E-state index contributed by atoms with van der Waals surface area (Å²) < 4.78 is 0. The highest BCUT2D eigenvalue weighted by molar-refractivity contribution is 6.58. The molecule has 7 heteroatoms. The molecule has 0 aliphatic rings. The average Bonchev–Trinajstić information content (AvgIpc) is 3.12. The Morgan fingerprint density at radius 1 is 0.966 bits per heavy atom. The van der Waals surface area contributed by atoms with Gasteiger partial charge in [0.15, 0.2) is 0 Å². The topological polar surface area (TPSA) is 99.4 Å². The lowest BCUT2D eigenvalue weighted by Crippen LogP contribution is -2.30. The molecule has 0 amide bonds. The standard InChI is InChI=1S/C22H19BN2O4/c26-23(27)17-10-6-9-16(13-17)19(14-25(28)29)21-18-11-4-5-12-20(18)24-22(21)15-7-2-1-3-8-15/h1-13,19,24,26-27H,14H2. The summed E-state index contributed by atoms with van der Waals surface area (Å²) in [5.41, 5.74) is 4.45. The van der Waals surface area contributed by atoms with E-state index >= 15 is 0 Å². The number of hydrogen-bond donors (Lipinski definition) is 3. The van der Waals surface area contributed by atoms with Gasteiger partial charge in [-0.2, -0.15) is 0 Å². The zero-order chi connectivity index (χ0) is 20.4. The van der Waals surface area contributed by atoms with Gasteiger partial charge in [-0.25, -0.2) is 0 Å². The molecule has 1 aromatic heterocycles. The van der Waals surface area contributed by atoms with Crippen LogP contribution in [0.1, 0.15) is 17.0 Å². The summed E-state index contributed by atoms with van der Waals surface area (Å²) in [5, 5.41) is 31.6. The molecule has 0 bridgehead atoms. The maximum absolute atomic E-state index is 11.6. The molecule has 0 fully saturated rings. The molecule has 0 spiro atoms. The zero-order valence-corrected chi connectivity index (χ0v) is 15.5. The van der Waals surface area contributed by atoms with Crippen molar-refractivity contribution >= 4 is 23.5 Å². The number of benzene rings is 3. The molecule has 1 atom stereocenters. The van der Waals surface area contributed by atoms with Gasteiger partial charge in [-0.3, -0.25) is 10.1 Å². The van der Waals surface area contributed by atoms with Crippen LogP contribution in [-0.4, -0.2) is 33.6 Å². The minimum absolute atomic E-state index is 0.303. The Kier molecular flexibility index (Phi) is 5.16. The van der Waals surface area contributed by atoms with Crippen LogP contribution in [0.5, 0.6) is 0 Å². The second-order valence-corrected chi connectivity index (χ2v) is 6.94. The number of hydrogen-bond acceptors (Lipinski definition) is 4. The van der Waals surface area contributed by atoms with Crippen molar-refractivity contribution in [2.45, 2.75) is 5.92 Å². The zero-order valence-electron chi connectivity index (χ0n) is 15.5. The van der Waals surface area contributed by atoms with Crippen molar-refractivity contribution in [2.75, 3.05) is 6.54 Å². The lowest BCUT2D eigenvalue weighted by molar-refractivity contribution is -0.481. The molecular weight excluding hydrogens is 367 g/mol. The molecule has 0 saturated heterocycles. The van der Waals surface area contributed by atoms with Crippen molar-refractivity contribution in [2.24, 2.45) is 0 Å². The second-order valence-electron chi connectivity index (χ2n) is 6.94. The monoisotopic (exact) mass is 386 g/mol. The van der Waals surface area contributed by atoms with Gasteiger partial charge < -0.3 is 15.0 Å². The molecule has 3 aromatic carbocycles. The Morgan fingerprint density at radius 2 is 1.69 bits per heavy atom. The van der Waals surface area contributed by atoms with Gasteiger partial charge in [-0.1, -0.05) is 72.8 Å². The van der Waals surface area contributed by atoms with E-state index in [0.717, 1.165) is 27.7 Å². The van der Waals surface area contributed by atoms with Crippen LogP contribution in [0.25, 0.3) is 22.2 Å². The number of fused-ring (bicyclic) bond motifs is 1. The largest absolute Gasteiger partial charge is 0.488 e. The smallest absolute Gasteiger partial charge is 0.423 e. The first-order valence-corrected chi connectivity index (χ1v) is 9.28. The van der Waals surface area contributed by atoms with Crippen LogP contribution in [-0.2, 0) is 0 Å². The molecule has 6 nitrogen and oxygen atoms in total. The Bertz CT molecular complexity index is 1160. The van der Waals surface area contributed by atoms with Gasteiger partial charge in [0.05, 0.1) is 11.6 Å². The van der Waals surface area contributed by atoms with Gasteiger partial charge in [0, 0.05) is 15.8 Å². The summed E-state index contributed by atoms with van der Waals surface area (Å²) in [4.78, 5) is 14.7. The highest BCUT2D eigenvalue weighted by Gasteiger charge is 2.28. The fourth-order valence-corrected chi connectivity index (χ4v) is 3.81. The van der Waals surface area contributed by atoms with Crippen molar-refractivity contribution in [1.29, 1.82) is 0 Å². The second kappa shape index (κ2) is 7.91. The minimum atomic E-state index is -1.64. The molecule has 1 unspecified atom stereocenters. The third-order valence-corrected chi connectivity index (χ3v) is 5.10. The molecule has 0 radical (unpaired) electrons. The highest BCUT2D eigenvalue weighted by atomic mass is 16.6. The third kappa shape index (κ3) is 3.78. The molecule has 3 N–H and O–H groups in total. The number of aromatic amines is 1. The average molecular weight is 386 g/mol. The van der Waals surface area contributed by atoms with Crippen molar-refractivity contribution in [3.05, 3.63) is 100 Å². The van der Waals surface area contributed by atoms with Gasteiger partial charge in [-0.15, -0.1) is 0 Å². The van der Waals surface area contributed by atoms with E-state index < -0.39 is 13.0 Å². The summed E-state index contributed by atoms with van der Waals surface area (Å²) in [6.45, 7) is -0.313. The van der Waals surface area contributed by atoms with Crippen LogP contribution < -0.4 is 5.46 Å². The lowest BCUT2D eigenvalue weighted by Gasteiger charge is -2.17. The van der Waals surface area contributed by atoms with Crippen LogP contribution in [0.4, 0.5) is 0 Å². The number of nitro groups is 1. The summed E-state index contributed by atoms with van der Waals surface area (Å²) in [6.07, 6.45) is 0. The van der Waals surface area contributed by atoms with Crippen LogP contribution in [0.15, 0.2) is 78.9 Å². The predicted octanol–water partition coefficient (Wildman–Crippen LogP) is 2.92. The molecule has 144 valence electrons. The minimum Gasteiger partial charge on any atom is -0.423 e. The van der Waals surface area contributed by atoms with Gasteiger partial charge in [0.25, 0.3) is 0 Å². The van der Waals surface area contributed by atoms with E-state index in [0.29, 0.717) is 11.0 Å². The summed E-state index contributed by atoms with van der Waals surface area (Å²) in [6, 6.07) is 24.1. The van der Waals surface area contributed by atoms with Crippen molar-refractivity contribution in [1.82, 2.24) is 4.98 Å². The highest BCUT2D eigenvalue weighted by Crippen LogP contribution is 2.38. The molecule has 4 aromatic rings. The molecule has 0 saturated carbocycles. The van der Waals surface area contributed by atoms with Crippen LogP contribution in [0.3, 0.4) is 0 Å². The first kappa shape index (κ1) is 18.9. The van der Waals surface area contributed by atoms with Gasteiger partial charge in [0.2, 0.25) is 6.54 Å². The number of para-hydroxylation sites is 1. The van der Waals surface area contributed by atoms with Crippen LogP contribution >= 0.6 is 0 Å². The number of H-pyrrole nitrogens is 1. The Balaban J connectivity index is 1.98. The predicted molar refractivity (Wildman–Crippen MR) is 114 cm³/mol. The van der Waals surface area contributed by atoms with E-state index in [1.54, 1.807) is 24.3 Å². The SMILES string of the molecule is O=[N+]([O-])CC(c1cccc(B(O)O)c1)c1c(-c2ccccc2)[nH]c2ccccc12. The maximum Gasteiger partial charge on any atom is 0.488 e. The van der Waals surface area contributed by atoms with E-state index in [9.17, 15) is 20.2 Å². The first-order chi connectivity index (χ1) is 14.0. The Hall–Kier alpha value is -3.42. The fourth-order valence-electron chi connectivity index (χ4n) is 3.81. The van der Waals surface area contributed by atoms with E-state index in [-0.39, 0.29) is 11.5 Å². The molecule has 0 aliphatic heterocycles. The van der Waals surface area contributed by atoms with E-state index in [1.165, 1.54) is 0 Å². The quantitative estimate of drug-likeness (QED) is 0.270. The number of nitrogens with one attached hydrogen (secondary N) is 1. The molecule has 1 heterocycles. The molecular formula is C22H19BN2O4. The molecule has 4 rings (SSSR count). The van der Waals surface area contributed by atoms with E-state index in [2.05, 4.69) is 4.98 Å².